The Morgan fingerprint density at radius 2 is 1.80 bits per heavy atom. The summed E-state index contributed by atoms with van der Waals surface area (Å²) in [5, 5.41) is 11.0. The van der Waals surface area contributed by atoms with E-state index in [-0.39, 0.29) is 0 Å². The molecule has 20 heavy (non-hydrogen) atoms. The molecule has 4 nitrogen and oxygen atoms in total. The van der Waals surface area contributed by atoms with Gasteiger partial charge in [-0.05, 0) is 41.9 Å². The van der Waals surface area contributed by atoms with E-state index in [0.717, 1.165) is 28.6 Å². The van der Waals surface area contributed by atoms with Gasteiger partial charge < -0.3 is 15.6 Å². The van der Waals surface area contributed by atoms with Crippen molar-refractivity contribution < 1.29 is 14.6 Å². The summed E-state index contributed by atoms with van der Waals surface area (Å²) >= 11 is 0. The number of carbonyl (C=O) groups is 1. The van der Waals surface area contributed by atoms with Gasteiger partial charge in [-0.3, -0.25) is 4.79 Å². The average molecular weight is 275 g/mol. The number of nitrogens with two attached hydrogens (primary N) is 1. The van der Waals surface area contributed by atoms with Gasteiger partial charge >= 0.3 is 5.97 Å². The van der Waals surface area contributed by atoms with Crippen LogP contribution in [-0.4, -0.2) is 24.7 Å². The van der Waals surface area contributed by atoms with E-state index < -0.39 is 11.9 Å². The van der Waals surface area contributed by atoms with Gasteiger partial charge in [0, 0.05) is 0 Å². The third kappa shape index (κ3) is 3.96. The standard InChI is InChI=1S/C14H14O3.C2H7N/c1-9(14(15)16)10-3-4-12-8-13(17-2)6-5-11(12)7-10;1-2-3/h3-9H,1-2H3,(H,15,16);2-3H2,1H3. The van der Waals surface area contributed by atoms with Crippen LogP contribution in [0.2, 0.25) is 0 Å². The Labute approximate surface area is 119 Å². The quantitative estimate of drug-likeness (QED) is 0.903. The number of rotatable bonds is 3. The van der Waals surface area contributed by atoms with Crippen LogP contribution in [0.15, 0.2) is 36.4 Å². The number of carboxylic acid groups (broad SMARTS) is 1. The maximum atomic E-state index is 10.9. The molecule has 0 aliphatic rings. The first-order valence-corrected chi connectivity index (χ1v) is 6.54. The summed E-state index contributed by atoms with van der Waals surface area (Å²) in [5.41, 5.74) is 5.66. The number of benzene rings is 2. The van der Waals surface area contributed by atoms with Gasteiger partial charge in [0.25, 0.3) is 0 Å². The third-order valence-corrected chi connectivity index (χ3v) is 2.94. The molecular formula is C16H21NO3. The van der Waals surface area contributed by atoms with Gasteiger partial charge in [-0.15, -0.1) is 0 Å². The topological polar surface area (TPSA) is 72.5 Å². The van der Waals surface area contributed by atoms with Crippen LogP contribution in [0.3, 0.4) is 0 Å². The summed E-state index contributed by atoms with van der Waals surface area (Å²) in [6.07, 6.45) is 0. The molecule has 0 saturated heterocycles. The van der Waals surface area contributed by atoms with Crippen LogP contribution in [0.25, 0.3) is 10.8 Å². The number of methoxy groups -OCH3 is 1. The van der Waals surface area contributed by atoms with Crippen molar-refractivity contribution in [1.82, 2.24) is 0 Å². The molecule has 0 amide bonds. The molecule has 108 valence electrons. The summed E-state index contributed by atoms with van der Waals surface area (Å²) in [4.78, 5) is 10.9. The van der Waals surface area contributed by atoms with Crippen LogP contribution in [-0.2, 0) is 4.79 Å². The van der Waals surface area contributed by atoms with Crippen LogP contribution in [0.4, 0.5) is 0 Å². The maximum absolute atomic E-state index is 10.9. The summed E-state index contributed by atoms with van der Waals surface area (Å²) in [6.45, 7) is 4.34. The summed E-state index contributed by atoms with van der Waals surface area (Å²) in [5.74, 6) is -0.490. The highest BCUT2D eigenvalue weighted by atomic mass is 16.5. The molecule has 4 heteroatoms. The maximum Gasteiger partial charge on any atom is 0.310 e. The predicted molar refractivity (Wildman–Crippen MR) is 81.3 cm³/mol. The fourth-order valence-electron chi connectivity index (χ4n) is 1.78. The van der Waals surface area contributed by atoms with E-state index in [0.29, 0.717) is 0 Å². The summed E-state index contributed by atoms with van der Waals surface area (Å²) < 4.78 is 5.14. The molecule has 0 radical (unpaired) electrons. The van der Waals surface area contributed by atoms with E-state index >= 15 is 0 Å². The van der Waals surface area contributed by atoms with Crippen LogP contribution in [0, 0.1) is 0 Å². The van der Waals surface area contributed by atoms with E-state index in [4.69, 9.17) is 15.6 Å². The number of hydrogen-bond acceptors (Lipinski definition) is 3. The second-order valence-corrected chi connectivity index (χ2v) is 4.44. The van der Waals surface area contributed by atoms with Crippen LogP contribution >= 0.6 is 0 Å². The Hall–Kier alpha value is -2.07. The van der Waals surface area contributed by atoms with Gasteiger partial charge in [0.05, 0.1) is 13.0 Å². The zero-order chi connectivity index (χ0) is 15.1. The second kappa shape index (κ2) is 7.50. The van der Waals surface area contributed by atoms with Gasteiger partial charge in [0.1, 0.15) is 5.75 Å². The Balaban J connectivity index is 0.000000612. The lowest BCUT2D eigenvalue weighted by Crippen LogP contribution is -2.06. The molecule has 0 fully saturated rings. The molecule has 0 bridgehead atoms. The zero-order valence-corrected chi connectivity index (χ0v) is 12.1. The molecule has 2 rings (SSSR count). The lowest BCUT2D eigenvalue weighted by atomic mass is 9.98. The molecule has 0 saturated carbocycles. The van der Waals surface area contributed by atoms with E-state index in [9.17, 15) is 4.79 Å². The first kappa shape index (κ1) is 16.0. The number of fused-ring (bicyclic) bond motifs is 1. The molecule has 1 atom stereocenters. The molecular weight excluding hydrogens is 254 g/mol. The molecule has 0 spiro atoms. The number of aliphatic carboxylic acids is 1. The lowest BCUT2D eigenvalue weighted by molar-refractivity contribution is -0.138. The predicted octanol–water partition coefficient (Wildman–Crippen LogP) is 3.00. The number of ether oxygens (including phenoxy) is 1. The summed E-state index contributed by atoms with van der Waals surface area (Å²) in [7, 11) is 1.63. The van der Waals surface area contributed by atoms with Gasteiger partial charge in [-0.1, -0.05) is 31.2 Å². The van der Waals surface area contributed by atoms with Gasteiger partial charge in [0.2, 0.25) is 0 Å². The van der Waals surface area contributed by atoms with Crippen molar-refractivity contribution in [3.63, 3.8) is 0 Å². The fourth-order valence-corrected chi connectivity index (χ4v) is 1.78. The van der Waals surface area contributed by atoms with Crippen molar-refractivity contribution >= 4 is 16.7 Å². The van der Waals surface area contributed by atoms with Gasteiger partial charge in [-0.25, -0.2) is 0 Å². The molecule has 1 unspecified atom stereocenters. The SMILES string of the molecule is CCN.COc1ccc2cc(C(C)C(=O)O)ccc2c1. The minimum Gasteiger partial charge on any atom is -0.497 e. The summed E-state index contributed by atoms with van der Waals surface area (Å²) in [6, 6.07) is 11.4. The van der Waals surface area contributed by atoms with Crippen LogP contribution in [0.1, 0.15) is 25.3 Å². The highest BCUT2D eigenvalue weighted by Crippen LogP contribution is 2.25. The fraction of sp³-hybridized carbons (Fsp3) is 0.312. The second-order valence-electron chi connectivity index (χ2n) is 4.44. The lowest BCUT2D eigenvalue weighted by Gasteiger charge is -2.08. The Morgan fingerprint density at radius 3 is 2.35 bits per heavy atom. The van der Waals surface area contributed by atoms with Crippen molar-refractivity contribution in [2.24, 2.45) is 5.73 Å². The van der Waals surface area contributed by atoms with Gasteiger partial charge in [0.15, 0.2) is 0 Å². The van der Waals surface area contributed by atoms with Crippen molar-refractivity contribution in [2.75, 3.05) is 13.7 Å². The van der Waals surface area contributed by atoms with E-state index in [1.807, 2.05) is 43.3 Å². The van der Waals surface area contributed by atoms with Crippen molar-refractivity contribution in [2.45, 2.75) is 19.8 Å². The number of carboxylic acids is 1. The van der Waals surface area contributed by atoms with E-state index in [1.165, 1.54) is 0 Å². The molecule has 2 aromatic rings. The molecule has 0 aliphatic carbocycles. The minimum absolute atomic E-state index is 0.485. The Morgan fingerprint density at radius 1 is 1.25 bits per heavy atom. The van der Waals surface area contributed by atoms with Crippen molar-refractivity contribution in [3.05, 3.63) is 42.0 Å². The first-order valence-electron chi connectivity index (χ1n) is 6.54. The largest absolute Gasteiger partial charge is 0.497 e. The highest BCUT2D eigenvalue weighted by Gasteiger charge is 2.13. The molecule has 2 aromatic carbocycles. The first-order chi connectivity index (χ1) is 9.53. The average Bonchev–Trinajstić information content (AvgIpc) is 2.46. The monoisotopic (exact) mass is 275 g/mol. The molecule has 3 N–H and O–H groups in total. The smallest absolute Gasteiger partial charge is 0.310 e. The Bertz CT molecular complexity index is 581. The van der Waals surface area contributed by atoms with E-state index in [2.05, 4.69) is 0 Å². The van der Waals surface area contributed by atoms with Crippen LogP contribution in [0.5, 0.6) is 5.75 Å². The molecule has 0 heterocycles. The highest BCUT2D eigenvalue weighted by molar-refractivity contribution is 5.86. The van der Waals surface area contributed by atoms with Crippen molar-refractivity contribution in [1.29, 1.82) is 0 Å². The minimum atomic E-state index is -0.808. The zero-order valence-electron chi connectivity index (χ0n) is 12.1. The molecule has 0 aromatic heterocycles. The Kier molecular flexibility index (Phi) is 6.00. The number of hydrogen-bond donors (Lipinski definition) is 2. The van der Waals surface area contributed by atoms with Gasteiger partial charge in [-0.2, -0.15) is 0 Å². The normalized spacial score (nSPS) is 11.4. The molecule has 0 aliphatic heterocycles. The van der Waals surface area contributed by atoms with E-state index in [1.54, 1.807) is 14.0 Å². The van der Waals surface area contributed by atoms with Crippen LogP contribution < -0.4 is 10.5 Å². The third-order valence-electron chi connectivity index (χ3n) is 2.94. The van der Waals surface area contributed by atoms with Crippen molar-refractivity contribution in [3.8, 4) is 5.75 Å².